The molecule has 0 atom stereocenters. The van der Waals surface area contributed by atoms with Crippen molar-refractivity contribution in [2.75, 3.05) is 7.05 Å². The number of nitrogens with zero attached hydrogens (tertiary/aromatic N) is 1. The molecule has 0 aliphatic heterocycles. The second-order valence-corrected chi connectivity index (χ2v) is 0.816. The van der Waals surface area contributed by atoms with Crippen LogP contribution in [0.25, 0.3) is 0 Å². The zero-order chi connectivity index (χ0) is 5.70. The molecule has 0 aromatic rings. The molecule has 0 bridgehead atoms. The standard InChI is InChI=1S/C3H5N3O/c1-5-6-3(7)2-4/h5H,1H3,(H,6,7). The van der Waals surface area contributed by atoms with E-state index < -0.39 is 5.91 Å². The quantitative estimate of drug-likeness (QED) is 0.319. The molecular formula is C3H5N3O. The second kappa shape index (κ2) is 3.12. The number of nitrogens with one attached hydrogen (secondary N) is 2. The molecule has 0 unspecified atom stereocenters. The summed E-state index contributed by atoms with van der Waals surface area (Å²) in [4.78, 5) is 9.88. The topological polar surface area (TPSA) is 64.9 Å². The Balaban J connectivity index is 3.24. The van der Waals surface area contributed by atoms with E-state index >= 15 is 0 Å². The molecule has 0 saturated heterocycles. The summed E-state index contributed by atoms with van der Waals surface area (Å²) < 4.78 is 0. The van der Waals surface area contributed by atoms with Crippen LogP contribution in [0.15, 0.2) is 0 Å². The van der Waals surface area contributed by atoms with E-state index in [-0.39, 0.29) is 0 Å². The van der Waals surface area contributed by atoms with E-state index in [2.05, 4.69) is 5.43 Å². The zero-order valence-corrected chi connectivity index (χ0v) is 3.86. The molecule has 2 N–H and O–H groups in total. The fraction of sp³-hybridized carbons (Fsp3) is 0.333. The molecule has 0 aromatic heterocycles. The lowest BCUT2D eigenvalue weighted by Crippen LogP contribution is -2.32. The molecule has 0 spiro atoms. The lowest BCUT2D eigenvalue weighted by atomic mass is 10.7. The second-order valence-electron chi connectivity index (χ2n) is 0.816. The lowest BCUT2D eigenvalue weighted by Gasteiger charge is -1.89. The summed E-state index contributed by atoms with van der Waals surface area (Å²) in [5, 5.41) is 7.76. The van der Waals surface area contributed by atoms with Gasteiger partial charge in [-0.15, -0.1) is 0 Å². The van der Waals surface area contributed by atoms with E-state index in [4.69, 9.17) is 5.26 Å². The highest BCUT2D eigenvalue weighted by Crippen LogP contribution is 1.48. The van der Waals surface area contributed by atoms with Crippen LogP contribution in [0.4, 0.5) is 0 Å². The van der Waals surface area contributed by atoms with Crippen molar-refractivity contribution in [1.82, 2.24) is 10.9 Å². The van der Waals surface area contributed by atoms with E-state index in [9.17, 15) is 4.79 Å². The molecule has 4 nitrogen and oxygen atoms in total. The molecule has 0 aromatic carbocycles. The van der Waals surface area contributed by atoms with Gasteiger partial charge in [-0.25, -0.2) is 5.43 Å². The Labute approximate surface area is 41.1 Å². The first-order valence-corrected chi connectivity index (χ1v) is 1.68. The highest BCUT2D eigenvalue weighted by molar-refractivity contribution is 5.90. The van der Waals surface area contributed by atoms with Crippen molar-refractivity contribution in [2.45, 2.75) is 0 Å². The predicted octanol–water partition coefficient (Wildman–Crippen LogP) is -1.24. The Bertz CT molecular complexity index is 103. The Morgan fingerprint density at radius 1 is 1.86 bits per heavy atom. The number of hydrogen-bond donors (Lipinski definition) is 2. The highest BCUT2D eigenvalue weighted by Gasteiger charge is 1.88. The number of carbonyl (C=O) groups excluding carboxylic acids is 1. The van der Waals surface area contributed by atoms with E-state index in [1.54, 1.807) is 0 Å². The fourth-order valence-electron chi connectivity index (χ4n) is 0.141. The fourth-order valence-corrected chi connectivity index (χ4v) is 0.141. The maximum absolute atomic E-state index is 9.88. The first kappa shape index (κ1) is 5.92. The molecule has 0 aliphatic rings. The third kappa shape index (κ3) is 2.73. The van der Waals surface area contributed by atoms with Gasteiger partial charge in [0, 0.05) is 7.05 Å². The number of rotatable bonds is 1. The maximum atomic E-state index is 9.88. The van der Waals surface area contributed by atoms with Crippen LogP contribution >= 0.6 is 0 Å². The van der Waals surface area contributed by atoms with Crippen LogP contribution in [0.2, 0.25) is 0 Å². The number of hydrazine groups is 1. The van der Waals surface area contributed by atoms with E-state index in [1.165, 1.54) is 13.1 Å². The van der Waals surface area contributed by atoms with Crippen LogP contribution < -0.4 is 10.9 Å². The summed E-state index contributed by atoms with van der Waals surface area (Å²) in [5.74, 6) is -0.678. The molecule has 0 radical (unpaired) electrons. The zero-order valence-electron chi connectivity index (χ0n) is 3.86. The van der Waals surface area contributed by atoms with Crippen molar-refractivity contribution in [3.63, 3.8) is 0 Å². The molecular weight excluding hydrogens is 94.1 g/mol. The molecule has 4 heteroatoms. The van der Waals surface area contributed by atoms with Gasteiger partial charge in [-0.1, -0.05) is 0 Å². The summed E-state index contributed by atoms with van der Waals surface area (Å²) in [7, 11) is 1.51. The van der Waals surface area contributed by atoms with Crippen molar-refractivity contribution < 1.29 is 4.79 Å². The number of nitriles is 1. The monoisotopic (exact) mass is 99.0 g/mol. The third-order valence-electron chi connectivity index (χ3n) is 0.340. The Morgan fingerprint density at radius 3 is 2.57 bits per heavy atom. The summed E-state index contributed by atoms with van der Waals surface area (Å²) in [6.07, 6.45) is 0. The number of carbonyl (C=O) groups is 1. The van der Waals surface area contributed by atoms with Crippen molar-refractivity contribution in [3.8, 4) is 6.07 Å². The summed E-state index contributed by atoms with van der Waals surface area (Å²) in [6, 6.07) is 1.35. The van der Waals surface area contributed by atoms with E-state index in [0.717, 1.165) is 0 Å². The third-order valence-corrected chi connectivity index (χ3v) is 0.340. The molecule has 1 amide bonds. The van der Waals surface area contributed by atoms with Crippen LogP contribution in [0.3, 0.4) is 0 Å². The predicted molar refractivity (Wildman–Crippen MR) is 22.8 cm³/mol. The minimum atomic E-state index is -0.678. The van der Waals surface area contributed by atoms with Crippen LogP contribution in [0, 0.1) is 11.3 Å². The van der Waals surface area contributed by atoms with Crippen molar-refractivity contribution in [1.29, 1.82) is 5.26 Å². The van der Waals surface area contributed by atoms with Crippen LogP contribution in [0.5, 0.6) is 0 Å². The summed E-state index contributed by atoms with van der Waals surface area (Å²) in [5.41, 5.74) is 4.34. The maximum Gasteiger partial charge on any atom is 0.336 e. The number of hydrogen-bond acceptors (Lipinski definition) is 3. The smallest absolute Gasteiger partial charge is 0.279 e. The van der Waals surface area contributed by atoms with E-state index in [0.29, 0.717) is 0 Å². The van der Waals surface area contributed by atoms with Gasteiger partial charge in [-0.05, 0) is 0 Å². The largest absolute Gasteiger partial charge is 0.336 e. The van der Waals surface area contributed by atoms with Crippen molar-refractivity contribution >= 4 is 5.91 Å². The van der Waals surface area contributed by atoms with Gasteiger partial charge in [0.2, 0.25) is 0 Å². The van der Waals surface area contributed by atoms with Gasteiger partial charge in [0.25, 0.3) is 0 Å². The average Bonchev–Trinajstić information content (AvgIpc) is 1.68. The van der Waals surface area contributed by atoms with Gasteiger partial charge in [0.05, 0.1) is 0 Å². The molecule has 0 saturated carbocycles. The normalized spacial score (nSPS) is 6.86. The average molecular weight is 99.1 g/mol. The van der Waals surface area contributed by atoms with Crippen LogP contribution in [0.1, 0.15) is 0 Å². The van der Waals surface area contributed by atoms with Gasteiger partial charge in [0.15, 0.2) is 6.07 Å². The SMILES string of the molecule is CNNC(=O)C#N. The van der Waals surface area contributed by atoms with Gasteiger partial charge in [0.1, 0.15) is 0 Å². The first-order chi connectivity index (χ1) is 3.31. The van der Waals surface area contributed by atoms with E-state index in [1.807, 2.05) is 5.43 Å². The molecule has 0 fully saturated rings. The Kier molecular flexibility index (Phi) is 2.64. The molecule has 0 heterocycles. The van der Waals surface area contributed by atoms with Gasteiger partial charge in [-0.3, -0.25) is 10.2 Å². The van der Waals surface area contributed by atoms with Gasteiger partial charge in [-0.2, -0.15) is 5.26 Å². The Morgan fingerprint density at radius 2 is 2.43 bits per heavy atom. The van der Waals surface area contributed by atoms with Gasteiger partial charge >= 0.3 is 5.91 Å². The molecule has 38 valence electrons. The summed E-state index contributed by atoms with van der Waals surface area (Å²) in [6.45, 7) is 0. The molecule has 7 heavy (non-hydrogen) atoms. The first-order valence-electron chi connectivity index (χ1n) is 1.68. The Hall–Kier alpha value is -1.08. The minimum Gasteiger partial charge on any atom is -0.279 e. The van der Waals surface area contributed by atoms with Crippen LogP contribution in [-0.2, 0) is 4.79 Å². The minimum absolute atomic E-state index is 0.678. The summed E-state index contributed by atoms with van der Waals surface area (Å²) >= 11 is 0. The van der Waals surface area contributed by atoms with Crippen molar-refractivity contribution in [2.24, 2.45) is 0 Å². The van der Waals surface area contributed by atoms with Crippen LogP contribution in [-0.4, -0.2) is 13.0 Å². The number of amides is 1. The molecule has 0 aliphatic carbocycles. The van der Waals surface area contributed by atoms with Crippen molar-refractivity contribution in [3.05, 3.63) is 0 Å². The lowest BCUT2D eigenvalue weighted by molar-refractivity contribution is -0.116. The van der Waals surface area contributed by atoms with Gasteiger partial charge < -0.3 is 0 Å². The molecule has 0 rings (SSSR count). The highest BCUT2D eigenvalue weighted by atomic mass is 16.2.